The van der Waals surface area contributed by atoms with E-state index in [0.717, 1.165) is 28.4 Å². The molecule has 0 atom stereocenters. The molecule has 336 valence electrons. The van der Waals surface area contributed by atoms with Crippen LogP contribution in [0.5, 0.6) is 0 Å². The summed E-state index contributed by atoms with van der Waals surface area (Å²) in [6.45, 7) is 4.82. The summed E-state index contributed by atoms with van der Waals surface area (Å²) in [5, 5.41) is 7.76. The predicted octanol–water partition coefficient (Wildman–Crippen LogP) is 20.2. The first-order chi connectivity index (χ1) is 34.9. The van der Waals surface area contributed by atoms with Gasteiger partial charge in [-0.3, -0.25) is 0 Å². The Bertz CT molecular complexity index is 4220. The summed E-state index contributed by atoms with van der Waals surface area (Å²) in [7, 11) is 0. The Balaban J connectivity index is 0.887. The minimum Gasteiger partial charge on any atom is -0.310 e. The van der Waals surface area contributed by atoms with Gasteiger partial charge in [0.25, 0.3) is 0 Å². The highest BCUT2D eigenvalue weighted by atomic mass is 32.1. The number of anilines is 6. The number of rotatable bonds is 8. The lowest BCUT2D eigenvalue weighted by Gasteiger charge is -2.30. The molecule has 0 aliphatic heterocycles. The summed E-state index contributed by atoms with van der Waals surface area (Å²) >= 11 is 3.74. The molecular formula is C67H46N2S2. The lowest BCUT2D eigenvalue weighted by molar-refractivity contribution is 0.661. The van der Waals surface area contributed by atoms with Crippen LogP contribution in [-0.2, 0) is 5.41 Å². The molecule has 0 saturated heterocycles. The zero-order valence-corrected chi connectivity index (χ0v) is 40.9. The van der Waals surface area contributed by atoms with Crippen LogP contribution >= 0.6 is 22.7 Å². The van der Waals surface area contributed by atoms with E-state index in [1.165, 1.54) is 101 Å². The number of hydrogen-bond acceptors (Lipinski definition) is 4. The fraction of sp³-hybridized carbons (Fsp3) is 0.0448. The monoisotopic (exact) mass is 942 g/mol. The summed E-state index contributed by atoms with van der Waals surface area (Å²) in [6, 6.07) is 89.9. The highest BCUT2D eigenvalue weighted by molar-refractivity contribution is 7.26. The van der Waals surface area contributed by atoms with Gasteiger partial charge in [0.2, 0.25) is 0 Å². The fourth-order valence-corrected chi connectivity index (χ4v) is 13.7. The molecule has 1 aliphatic rings. The van der Waals surface area contributed by atoms with Gasteiger partial charge in [0.1, 0.15) is 0 Å². The van der Waals surface area contributed by atoms with Crippen molar-refractivity contribution in [3.8, 4) is 33.4 Å². The van der Waals surface area contributed by atoms with Crippen molar-refractivity contribution in [2.75, 3.05) is 9.80 Å². The van der Waals surface area contributed by atoms with Gasteiger partial charge in [-0.05, 0) is 141 Å². The summed E-state index contributed by atoms with van der Waals surface area (Å²) in [5.41, 5.74) is 16.6. The molecule has 13 aromatic rings. The Kier molecular flexibility index (Phi) is 9.64. The van der Waals surface area contributed by atoms with E-state index in [2.05, 4.69) is 266 Å². The van der Waals surface area contributed by atoms with E-state index in [9.17, 15) is 0 Å². The molecule has 2 heterocycles. The number of para-hydroxylation sites is 2. The summed E-state index contributed by atoms with van der Waals surface area (Å²) in [6.07, 6.45) is 0. The quantitative estimate of drug-likeness (QED) is 0.150. The Morgan fingerprint density at radius 3 is 1.34 bits per heavy atom. The van der Waals surface area contributed by atoms with E-state index in [4.69, 9.17) is 0 Å². The van der Waals surface area contributed by atoms with E-state index in [1.54, 1.807) is 0 Å². The van der Waals surface area contributed by atoms with Crippen molar-refractivity contribution in [2.24, 2.45) is 0 Å². The zero-order valence-electron chi connectivity index (χ0n) is 39.3. The van der Waals surface area contributed by atoms with Crippen LogP contribution in [0.15, 0.2) is 243 Å². The first kappa shape index (κ1) is 41.7. The van der Waals surface area contributed by atoms with Gasteiger partial charge < -0.3 is 9.80 Å². The third-order valence-electron chi connectivity index (χ3n) is 14.8. The Morgan fingerprint density at radius 2 is 0.746 bits per heavy atom. The molecule has 0 spiro atoms. The van der Waals surface area contributed by atoms with Gasteiger partial charge in [-0.1, -0.05) is 166 Å². The van der Waals surface area contributed by atoms with Crippen LogP contribution in [-0.4, -0.2) is 0 Å². The third kappa shape index (κ3) is 6.82. The van der Waals surface area contributed by atoms with Gasteiger partial charge in [-0.15, -0.1) is 22.7 Å². The SMILES string of the molecule is CC1(C)c2cc(N(c3ccccc3)c3cccc(-c4ccc5c(c4)sc4ccccc45)c3)ccc2-c2c1cc(N(c1ccccc1)c1cccc(-c3ccc4c(c3)sc3ccccc34)c1)c1ccccc21. The summed E-state index contributed by atoms with van der Waals surface area (Å²) in [4.78, 5) is 4.89. The molecule has 2 aromatic heterocycles. The standard InChI is InChI=1S/C67H46N2S2/c1-67(2)59-41-51(68(47-19-5-3-6-20-47)49-23-15-17-43(37-49)45-31-34-55-53-26-11-13-29-62(53)70-64(55)39-45)33-36-58(59)66-57-28-10-9-25-52(57)61(42-60(66)67)69(48-21-7-4-8-22-48)50-24-16-18-44(38-50)46-32-35-56-54-27-12-14-30-63(54)71-65(56)40-46/h3-42H,1-2H3. The van der Waals surface area contributed by atoms with Gasteiger partial charge in [0, 0.05) is 79.6 Å². The number of benzene rings is 11. The highest BCUT2D eigenvalue weighted by Crippen LogP contribution is 2.56. The van der Waals surface area contributed by atoms with Crippen LogP contribution in [0.25, 0.3) is 84.5 Å². The van der Waals surface area contributed by atoms with Crippen LogP contribution in [0, 0.1) is 0 Å². The van der Waals surface area contributed by atoms with Gasteiger partial charge in [-0.25, -0.2) is 0 Å². The highest BCUT2D eigenvalue weighted by Gasteiger charge is 2.38. The number of fused-ring (bicyclic) bond motifs is 11. The van der Waals surface area contributed by atoms with Crippen LogP contribution in [0.4, 0.5) is 34.1 Å². The molecule has 0 amide bonds. The van der Waals surface area contributed by atoms with Gasteiger partial charge in [0.05, 0.1) is 5.69 Å². The maximum absolute atomic E-state index is 2.49. The van der Waals surface area contributed by atoms with E-state index < -0.39 is 0 Å². The molecule has 0 unspecified atom stereocenters. The minimum atomic E-state index is -0.312. The summed E-state index contributed by atoms with van der Waals surface area (Å²) < 4.78 is 5.27. The third-order valence-corrected chi connectivity index (χ3v) is 17.1. The van der Waals surface area contributed by atoms with Crippen LogP contribution in [0.3, 0.4) is 0 Å². The molecular weight excluding hydrogens is 897 g/mol. The van der Waals surface area contributed by atoms with Gasteiger partial charge in [0.15, 0.2) is 0 Å². The molecule has 0 saturated carbocycles. The number of nitrogens with zero attached hydrogens (tertiary/aromatic N) is 2. The Morgan fingerprint density at radius 1 is 0.296 bits per heavy atom. The molecule has 0 radical (unpaired) electrons. The van der Waals surface area contributed by atoms with Crippen molar-refractivity contribution < 1.29 is 0 Å². The topological polar surface area (TPSA) is 6.48 Å². The first-order valence-corrected chi connectivity index (χ1v) is 26.0. The minimum absolute atomic E-state index is 0.312. The fourth-order valence-electron chi connectivity index (χ4n) is 11.4. The molecule has 11 aromatic carbocycles. The lowest BCUT2D eigenvalue weighted by atomic mass is 9.81. The molecule has 14 rings (SSSR count). The van der Waals surface area contributed by atoms with Crippen molar-refractivity contribution in [3.63, 3.8) is 0 Å². The normalized spacial score (nSPS) is 12.8. The van der Waals surface area contributed by atoms with Crippen molar-refractivity contribution in [1.29, 1.82) is 0 Å². The van der Waals surface area contributed by atoms with E-state index in [-0.39, 0.29) is 5.41 Å². The molecule has 2 nitrogen and oxygen atoms in total. The lowest BCUT2D eigenvalue weighted by Crippen LogP contribution is -2.18. The molecule has 4 heteroatoms. The second kappa shape index (κ2) is 16.4. The second-order valence-corrected chi connectivity index (χ2v) is 21.4. The first-order valence-electron chi connectivity index (χ1n) is 24.4. The maximum Gasteiger partial charge on any atom is 0.0543 e. The van der Waals surface area contributed by atoms with Gasteiger partial charge in [-0.2, -0.15) is 0 Å². The smallest absolute Gasteiger partial charge is 0.0543 e. The molecule has 0 N–H and O–H groups in total. The van der Waals surface area contributed by atoms with E-state index in [0.29, 0.717) is 0 Å². The van der Waals surface area contributed by atoms with E-state index >= 15 is 0 Å². The Hall–Kier alpha value is -8.28. The van der Waals surface area contributed by atoms with Crippen LogP contribution < -0.4 is 9.80 Å². The largest absolute Gasteiger partial charge is 0.310 e. The number of hydrogen-bond donors (Lipinski definition) is 0. The van der Waals surface area contributed by atoms with Gasteiger partial charge >= 0.3 is 0 Å². The molecule has 0 bridgehead atoms. The van der Waals surface area contributed by atoms with Crippen molar-refractivity contribution in [2.45, 2.75) is 19.3 Å². The van der Waals surface area contributed by atoms with Crippen molar-refractivity contribution in [1.82, 2.24) is 0 Å². The molecule has 0 fully saturated rings. The van der Waals surface area contributed by atoms with Crippen LogP contribution in [0.2, 0.25) is 0 Å². The van der Waals surface area contributed by atoms with Crippen molar-refractivity contribution in [3.05, 3.63) is 254 Å². The Labute approximate surface area is 421 Å². The van der Waals surface area contributed by atoms with E-state index in [1.807, 2.05) is 22.7 Å². The number of thiophene rings is 2. The average Bonchev–Trinajstić information content (AvgIpc) is 4.06. The summed E-state index contributed by atoms with van der Waals surface area (Å²) in [5.74, 6) is 0. The van der Waals surface area contributed by atoms with Crippen LogP contribution in [0.1, 0.15) is 25.0 Å². The average molecular weight is 943 g/mol. The predicted molar refractivity (Wildman–Crippen MR) is 308 cm³/mol. The zero-order chi connectivity index (χ0) is 47.2. The second-order valence-electron chi connectivity index (χ2n) is 19.3. The molecule has 1 aliphatic carbocycles. The maximum atomic E-state index is 2.49. The van der Waals surface area contributed by atoms with Crippen molar-refractivity contribution >= 4 is 108 Å². The molecule has 71 heavy (non-hydrogen) atoms.